The number of nitrogens with one attached hydrogen (secondary N) is 1. The maximum Gasteiger partial charge on any atom is 0.410 e. The summed E-state index contributed by atoms with van der Waals surface area (Å²) in [4.78, 5) is 60.0. The minimum absolute atomic E-state index is 0.0721. The molecule has 13 heteroatoms. The van der Waals surface area contributed by atoms with Crippen LogP contribution in [-0.4, -0.2) is 45.3 Å². The van der Waals surface area contributed by atoms with Gasteiger partial charge in [-0.15, -0.1) is 0 Å². The highest BCUT2D eigenvalue weighted by atomic mass is 16.6. The number of nitro groups is 2. The smallest absolute Gasteiger partial charge is 0.410 e. The SMILES string of the molecule is O=C(OCc1ccc([N+](=O)[O-])cc1)c1cccc(NC(=O)[C@@H]2CCCN2C(=O)OCc2ccc([N+](=O)[O-])cc2)c1. The molecule has 0 aliphatic carbocycles. The lowest BCUT2D eigenvalue weighted by Gasteiger charge is -2.23. The molecular weight excluding hydrogens is 524 g/mol. The van der Waals surface area contributed by atoms with Crippen LogP contribution < -0.4 is 5.32 Å². The lowest BCUT2D eigenvalue weighted by Crippen LogP contribution is -2.43. The Morgan fingerprint density at radius 1 is 0.850 bits per heavy atom. The van der Waals surface area contributed by atoms with Crippen LogP contribution in [-0.2, 0) is 27.5 Å². The normalized spacial score (nSPS) is 14.3. The number of ether oxygens (including phenoxy) is 2. The molecule has 1 heterocycles. The number of hydrogen-bond acceptors (Lipinski definition) is 9. The van der Waals surface area contributed by atoms with Crippen LogP contribution in [0.5, 0.6) is 0 Å². The number of carbonyl (C=O) groups excluding carboxylic acids is 3. The first kappa shape index (κ1) is 27.7. The number of esters is 1. The molecular formula is C27H24N4O9. The van der Waals surface area contributed by atoms with Crippen LogP contribution in [0.25, 0.3) is 0 Å². The second-order valence-corrected chi connectivity index (χ2v) is 8.90. The number of non-ortho nitro benzene ring substituents is 2. The summed E-state index contributed by atoms with van der Waals surface area (Å²) in [5.74, 6) is -1.09. The van der Waals surface area contributed by atoms with Gasteiger partial charge in [-0.2, -0.15) is 0 Å². The molecule has 0 bridgehead atoms. The quantitative estimate of drug-likeness (QED) is 0.228. The topological polar surface area (TPSA) is 171 Å². The minimum atomic E-state index is -0.776. The first-order chi connectivity index (χ1) is 19.2. The Bertz CT molecular complexity index is 1420. The van der Waals surface area contributed by atoms with Crippen molar-refractivity contribution in [1.82, 2.24) is 4.90 Å². The first-order valence-electron chi connectivity index (χ1n) is 12.2. The van der Waals surface area contributed by atoms with E-state index >= 15 is 0 Å². The predicted octanol–water partition coefficient (Wildman–Crippen LogP) is 4.60. The summed E-state index contributed by atoms with van der Waals surface area (Å²) in [6.45, 7) is 0.129. The molecule has 3 aromatic rings. The second-order valence-electron chi connectivity index (χ2n) is 8.90. The minimum Gasteiger partial charge on any atom is -0.457 e. The lowest BCUT2D eigenvalue weighted by atomic mass is 10.1. The summed E-state index contributed by atoms with van der Waals surface area (Å²) >= 11 is 0. The van der Waals surface area contributed by atoms with Crippen molar-refractivity contribution in [2.24, 2.45) is 0 Å². The third kappa shape index (κ3) is 6.95. The van der Waals surface area contributed by atoms with Gasteiger partial charge in [0.05, 0.1) is 15.4 Å². The van der Waals surface area contributed by atoms with Crippen LogP contribution in [0.15, 0.2) is 72.8 Å². The second kappa shape index (κ2) is 12.5. The molecule has 1 aliphatic heterocycles. The van der Waals surface area contributed by atoms with Crippen molar-refractivity contribution in [3.05, 3.63) is 110 Å². The fraction of sp³-hybridized carbons (Fsp3) is 0.222. The fourth-order valence-electron chi connectivity index (χ4n) is 4.10. The van der Waals surface area contributed by atoms with E-state index in [9.17, 15) is 34.6 Å². The number of nitrogens with zero attached hydrogens (tertiary/aromatic N) is 3. The molecule has 0 spiro atoms. The van der Waals surface area contributed by atoms with E-state index in [2.05, 4.69) is 5.32 Å². The molecule has 1 fully saturated rings. The summed E-state index contributed by atoms with van der Waals surface area (Å²) < 4.78 is 10.6. The van der Waals surface area contributed by atoms with Crippen molar-refractivity contribution in [3.63, 3.8) is 0 Å². The van der Waals surface area contributed by atoms with Crippen molar-refractivity contribution in [2.45, 2.75) is 32.1 Å². The lowest BCUT2D eigenvalue weighted by molar-refractivity contribution is -0.385. The molecule has 1 atom stereocenters. The molecule has 1 saturated heterocycles. The summed E-state index contributed by atoms with van der Waals surface area (Å²) in [7, 11) is 0. The highest BCUT2D eigenvalue weighted by Crippen LogP contribution is 2.22. The van der Waals surface area contributed by atoms with E-state index in [1.165, 1.54) is 65.6 Å². The third-order valence-corrected chi connectivity index (χ3v) is 6.18. The zero-order valence-corrected chi connectivity index (χ0v) is 21.1. The Morgan fingerprint density at radius 2 is 1.43 bits per heavy atom. The molecule has 0 saturated carbocycles. The van der Waals surface area contributed by atoms with Crippen LogP contribution in [0.2, 0.25) is 0 Å². The van der Waals surface area contributed by atoms with E-state index in [-0.39, 0.29) is 30.2 Å². The van der Waals surface area contributed by atoms with Crippen LogP contribution in [0.4, 0.5) is 21.9 Å². The van der Waals surface area contributed by atoms with Crippen LogP contribution in [0.1, 0.15) is 34.3 Å². The molecule has 2 amide bonds. The highest BCUT2D eigenvalue weighted by Gasteiger charge is 2.35. The molecule has 13 nitrogen and oxygen atoms in total. The van der Waals surface area contributed by atoms with Gasteiger partial charge in [0, 0.05) is 36.5 Å². The molecule has 206 valence electrons. The number of likely N-dealkylation sites (tertiary alicyclic amines) is 1. The van der Waals surface area contributed by atoms with Crippen LogP contribution >= 0.6 is 0 Å². The molecule has 4 rings (SSSR count). The molecule has 1 aliphatic rings. The molecule has 0 radical (unpaired) electrons. The first-order valence-corrected chi connectivity index (χ1v) is 12.2. The van der Waals surface area contributed by atoms with E-state index in [0.717, 1.165) is 0 Å². The van der Waals surface area contributed by atoms with E-state index in [0.29, 0.717) is 36.2 Å². The molecule has 40 heavy (non-hydrogen) atoms. The van der Waals surface area contributed by atoms with Gasteiger partial charge in [-0.3, -0.25) is 29.9 Å². The average molecular weight is 549 g/mol. The Kier molecular flexibility index (Phi) is 8.64. The molecule has 3 aromatic carbocycles. The third-order valence-electron chi connectivity index (χ3n) is 6.18. The van der Waals surface area contributed by atoms with Gasteiger partial charge in [0.25, 0.3) is 11.4 Å². The largest absolute Gasteiger partial charge is 0.457 e. The summed E-state index contributed by atoms with van der Waals surface area (Å²) in [5.41, 5.74) is 1.51. The fourth-order valence-corrected chi connectivity index (χ4v) is 4.10. The van der Waals surface area contributed by atoms with E-state index in [1.54, 1.807) is 12.1 Å². The van der Waals surface area contributed by atoms with Gasteiger partial charge in [0.2, 0.25) is 5.91 Å². The van der Waals surface area contributed by atoms with Gasteiger partial charge >= 0.3 is 12.1 Å². The van der Waals surface area contributed by atoms with Gasteiger partial charge in [-0.1, -0.05) is 6.07 Å². The van der Waals surface area contributed by atoms with Gasteiger partial charge in [-0.05, 0) is 66.4 Å². The maximum atomic E-state index is 13.0. The number of nitro benzene ring substituents is 2. The van der Waals surface area contributed by atoms with Crippen molar-refractivity contribution in [2.75, 3.05) is 11.9 Å². The molecule has 0 aromatic heterocycles. The molecule has 0 unspecified atom stereocenters. The monoisotopic (exact) mass is 548 g/mol. The average Bonchev–Trinajstić information content (AvgIpc) is 3.46. The summed E-state index contributed by atoms with van der Waals surface area (Å²) in [6, 6.07) is 16.6. The molecule has 1 N–H and O–H groups in total. The maximum absolute atomic E-state index is 13.0. The van der Waals surface area contributed by atoms with Crippen molar-refractivity contribution < 1.29 is 33.7 Å². The van der Waals surface area contributed by atoms with Crippen LogP contribution in [0.3, 0.4) is 0 Å². The van der Waals surface area contributed by atoms with E-state index in [4.69, 9.17) is 9.47 Å². The standard InChI is InChI=1S/C27H24N4O9/c32-25(24-5-2-14-29(24)27(34)40-17-19-8-12-23(13-9-19)31(37)38)28-21-4-1-3-20(15-21)26(33)39-16-18-6-10-22(11-7-18)30(35)36/h1,3-4,6-13,15,24H,2,5,14,16-17H2,(H,28,32)/t24-/m0/s1. The van der Waals surface area contributed by atoms with E-state index < -0.39 is 33.9 Å². The Labute approximate surface area is 227 Å². The number of hydrogen-bond donors (Lipinski definition) is 1. The zero-order chi connectivity index (χ0) is 28.6. The number of benzene rings is 3. The van der Waals surface area contributed by atoms with Crippen molar-refractivity contribution in [1.29, 1.82) is 0 Å². The van der Waals surface area contributed by atoms with Gasteiger partial charge < -0.3 is 14.8 Å². The number of amides is 2. The zero-order valence-electron chi connectivity index (χ0n) is 21.1. The number of carbonyl (C=O) groups is 3. The number of anilines is 1. The summed E-state index contributed by atoms with van der Waals surface area (Å²) in [5, 5.41) is 24.3. The Hall–Kier alpha value is -5.33. The van der Waals surface area contributed by atoms with Gasteiger partial charge in [-0.25, -0.2) is 9.59 Å². The highest BCUT2D eigenvalue weighted by molar-refractivity contribution is 5.98. The Balaban J connectivity index is 1.31. The van der Waals surface area contributed by atoms with E-state index in [1.807, 2.05) is 0 Å². The Morgan fingerprint density at radius 3 is 2.00 bits per heavy atom. The van der Waals surface area contributed by atoms with Crippen molar-refractivity contribution >= 4 is 35.0 Å². The van der Waals surface area contributed by atoms with Crippen molar-refractivity contribution in [3.8, 4) is 0 Å². The number of rotatable bonds is 9. The van der Waals surface area contributed by atoms with Crippen LogP contribution in [0, 0.1) is 20.2 Å². The van der Waals surface area contributed by atoms with Gasteiger partial charge in [0.15, 0.2) is 0 Å². The predicted molar refractivity (Wildman–Crippen MR) is 140 cm³/mol. The summed E-state index contributed by atoms with van der Waals surface area (Å²) in [6.07, 6.45) is 0.342. The van der Waals surface area contributed by atoms with Gasteiger partial charge in [0.1, 0.15) is 19.3 Å².